The SMILES string of the molecule is Cc1ccc(S(=O)(=O)Nc2nc(-c3ccccc3)cs2)c(C)c1. The number of nitrogens with zero attached hydrogens (tertiary/aromatic N) is 1. The molecule has 0 bridgehead atoms. The summed E-state index contributed by atoms with van der Waals surface area (Å²) in [6, 6.07) is 14.9. The summed E-state index contributed by atoms with van der Waals surface area (Å²) in [5.41, 5.74) is 3.47. The van der Waals surface area contributed by atoms with E-state index < -0.39 is 10.0 Å². The van der Waals surface area contributed by atoms with Gasteiger partial charge in [0.15, 0.2) is 5.13 Å². The van der Waals surface area contributed by atoms with E-state index in [-0.39, 0.29) is 4.90 Å². The van der Waals surface area contributed by atoms with E-state index in [0.29, 0.717) is 5.13 Å². The van der Waals surface area contributed by atoms with Crippen LogP contribution in [0.25, 0.3) is 11.3 Å². The van der Waals surface area contributed by atoms with Crippen LogP contribution in [0.1, 0.15) is 11.1 Å². The third-order valence-electron chi connectivity index (χ3n) is 3.42. The Morgan fingerprint density at radius 1 is 1.04 bits per heavy atom. The summed E-state index contributed by atoms with van der Waals surface area (Å²) in [5.74, 6) is 0. The Bertz CT molecular complexity index is 932. The van der Waals surface area contributed by atoms with Gasteiger partial charge in [-0.25, -0.2) is 13.4 Å². The van der Waals surface area contributed by atoms with Gasteiger partial charge in [0.05, 0.1) is 10.6 Å². The number of aryl methyl sites for hydroxylation is 2. The number of hydrogen-bond acceptors (Lipinski definition) is 4. The molecule has 23 heavy (non-hydrogen) atoms. The third kappa shape index (κ3) is 3.43. The number of anilines is 1. The second kappa shape index (κ2) is 6.14. The second-order valence-corrected chi connectivity index (χ2v) is 7.79. The van der Waals surface area contributed by atoms with E-state index >= 15 is 0 Å². The molecule has 0 aliphatic carbocycles. The molecule has 0 atom stereocenters. The van der Waals surface area contributed by atoms with Crippen molar-refractivity contribution in [1.29, 1.82) is 0 Å². The lowest BCUT2D eigenvalue weighted by atomic mass is 10.2. The molecule has 0 amide bonds. The van der Waals surface area contributed by atoms with Gasteiger partial charge in [-0.1, -0.05) is 48.0 Å². The maximum absolute atomic E-state index is 12.5. The lowest BCUT2D eigenvalue weighted by Gasteiger charge is -2.08. The first kappa shape index (κ1) is 15.7. The van der Waals surface area contributed by atoms with Gasteiger partial charge in [0.25, 0.3) is 10.0 Å². The molecular formula is C17H16N2O2S2. The van der Waals surface area contributed by atoms with Crippen LogP contribution in [0.3, 0.4) is 0 Å². The van der Waals surface area contributed by atoms with Crippen LogP contribution in [0, 0.1) is 13.8 Å². The van der Waals surface area contributed by atoms with E-state index in [4.69, 9.17) is 0 Å². The number of nitrogens with one attached hydrogen (secondary N) is 1. The Balaban J connectivity index is 1.88. The van der Waals surface area contributed by atoms with Crippen LogP contribution in [0.5, 0.6) is 0 Å². The topological polar surface area (TPSA) is 59.1 Å². The van der Waals surface area contributed by atoms with Crippen LogP contribution in [0.2, 0.25) is 0 Å². The molecule has 0 spiro atoms. The molecule has 1 aromatic heterocycles. The van der Waals surface area contributed by atoms with Gasteiger partial charge >= 0.3 is 0 Å². The Kier molecular flexibility index (Phi) is 4.19. The number of hydrogen-bond donors (Lipinski definition) is 1. The fourth-order valence-corrected chi connectivity index (χ4v) is 4.53. The molecule has 0 saturated carbocycles. The van der Waals surface area contributed by atoms with Gasteiger partial charge in [0.2, 0.25) is 0 Å². The quantitative estimate of drug-likeness (QED) is 0.770. The molecule has 0 radical (unpaired) electrons. The summed E-state index contributed by atoms with van der Waals surface area (Å²) in [7, 11) is -3.63. The summed E-state index contributed by atoms with van der Waals surface area (Å²) in [6.45, 7) is 3.72. The van der Waals surface area contributed by atoms with Crippen LogP contribution in [-0.4, -0.2) is 13.4 Å². The van der Waals surface area contributed by atoms with Crippen LogP contribution in [-0.2, 0) is 10.0 Å². The van der Waals surface area contributed by atoms with Gasteiger partial charge in [-0.15, -0.1) is 11.3 Å². The van der Waals surface area contributed by atoms with Crippen LogP contribution in [0.15, 0.2) is 58.8 Å². The molecule has 3 rings (SSSR count). The van der Waals surface area contributed by atoms with E-state index in [1.54, 1.807) is 19.1 Å². The lowest BCUT2D eigenvalue weighted by molar-refractivity contribution is 0.600. The minimum Gasteiger partial charge on any atom is -0.255 e. The summed E-state index contributed by atoms with van der Waals surface area (Å²) < 4.78 is 27.6. The molecule has 4 nitrogen and oxygen atoms in total. The third-order valence-corrected chi connectivity index (χ3v) is 5.80. The molecule has 0 fully saturated rings. The van der Waals surface area contributed by atoms with Crippen LogP contribution in [0.4, 0.5) is 5.13 Å². The smallest absolute Gasteiger partial charge is 0.255 e. The number of thiazole rings is 1. The zero-order chi connectivity index (χ0) is 16.4. The Labute approximate surface area is 139 Å². The predicted octanol–water partition coefficient (Wildman–Crippen LogP) is 4.23. The molecule has 1 heterocycles. The first-order chi connectivity index (χ1) is 11.0. The van der Waals surface area contributed by atoms with Crippen LogP contribution < -0.4 is 4.72 Å². The molecule has 0 saturated heterocycles. The molecule has 3 aromatic rings. The maximum Gasteiger partial charge on any atom is 0.263 e. The molecule has 1 N–H and O–H groups in total. The molecule has 2 aromatic carbocycles. The molecule has 118 valence electrons. The Morgan fingerprint density at radius 3 is 2.48 bits per heavy atom. The Hall–Kier alpha value is -2.18. The Morgan fingerprint density at radius 2 is 1.78 bits per heavy atom. The van der Waals surface area contributed by atoms with E-state index in [1.165, 1.54) is 11.3 Å². The van der Waals surface area contributed by atoms with Crippen LogP contribution >= 0.6 is 11.3 Å². The zero-order valence-corrected chi connectivity index (χ0v) is 14.4. The first-order valence-corrected chi connectivity index (χ1v) is 9.43. The van der Waals surface area contributed by atoms with E-state index in [0.717, 1.165) is 22.4 Å². The largest absolute Gasteiger partial charge is 0.263 e. The lowest BCUT2D eigenvalue weighted by Crippen LogP contribution is -2.14. The number of aromatic nitrogens is 1. The highest BCUT2D eigenvalue weighted by Gasteiger charge is 2.18. The van der Waals surface area contributed by atoms with Crippen molar-refractivity contribution in [1.82, 2.24) is 4.98 Å². The minimum absolute atomic E-state index is 0.277. The zero-order valence-electron chi connectivity index (χ0n) is 12.8. The van der Waals surface area contributed by atoms with Crippen molar-refractivity contribution >= 4 is 26.5 Å². The van der Waals surface area contributed by atoms with Crippen molar-refractivity contribution in [2.24, 2.45) is 0 Å². The highest BCUT2D eigenvalue weighted by Crippen LogP contribution is 2.27. The summed E-state index contributed by atoms with van der Waals surface area (Å²) in [4.78, 5) is 4.64. The normalized spacial score (nSPS) is 11.4. The average molecular weight is 344 g/mol. The van der Waals surface area contributed by atoms with Crippen molar-refractivity contribution in [2.45, 2.75) is 18.7 Å². The standard InChI is InChI=1S/C17H16N2O2S2/c1-12-8-9-16(13(2)10-12)23(20,21)19-17-18-15(11-22-17)14-6-4-3-5-7-14/h3-11H,1-2H3,(H,18,19). The average Bonchev–Trinajstić information content (AvgIpc) is 2.95. The summed E-state index contributed by atoms with van der Waals surface area (Å²) >= 11 is 1.27. The molecule has 0 aliphatic rings. The molecule has 0 aliphatic heterocycles. The molecule has 6 heteroatoms. The fourth-order valence-electron chi connectivity index (χ4n) is 2.33. The number of rotatable bonds is 4. The van der Waals surface area contributed by atoms with Crippen molar-refractivity contribution in [3.05, 3.63) is 65.0 Å². The summed E-state index contributed by atoms with van der Waals surface area (Å²) in [5, 5.41) is 2.21. The number of sulfonamides is 1. The second-order valence-electron chi connectivity index (χ2n) is 5.28. The van der Waals surface area contributed by atoms with E-state index in [1.807, 2.05) is 48.7 Å². The van der Waals surface area contributed by atoms with Gasteiger partial charge in [0, 0.05) is 10.9 Å². The van der Waals surface area contributed by atoms with Gasteiger partial charge in [0.1, 0.15) is 0 Å². The maximum atomic E-state index is 12.5. The van der Waals surface area contributed by atoms with Gasteiger partial charge in [-0.05, 0) is 25.5 Å². The van der Waals surface area contributed by atoms with E-state index in [9.17, 15) is 8.42 Å². The van der Waals surface area contributed by atoms with Gasteiger partial charge < -0.3 is 0 Å². The molecular weight excluding hydrogens is 328 g/mol. The van der Waals surface area contributed by atoms with Gasteiger partial charge in [-0.2, -0.15) is 0 Å². The highest BCUT2D eigenvalue weighted by molar-refractivity contribution is 7.93. The fraction of sp³-hybridized carbons (Fsp3) is 0.118. The number of benzene rings is 2. The first-order valence-electron chi connectivity index (χ1n) is 7.07. The monoisotopic (exact) mass is 344 g/mol. The van der Waals surface area contributed by atoms with Crippen molar-refractivity contribution in [3.63, 3.8) is 0 Å². The summed E-state index contributed by atoms with van der Waals surface area (Å²) in [6.07, 6.45) is 0. The predicted molar refractivity (Wildman–Crippen MR) is 94.3 cm³/mol. The van der Waals surface area contributed by atoms with Crippen molar-refractivity contribution in [3.8, 4) is 11.3 Å². The molecule has 0 unspecified atom stereocenters. The van der Waals surface area contributed by atoms with Gasteiger partial charge in [-0.3, -0.25) is 4.72 Å². The minimum atomic E-state index is -3.63. The van der Waals surface area contributed by atoms with Crippen molar-refractivity contribution in [2.75, 3.05) is 4.72 Å². The van der Waals surface area contributed by atoms with Crippen molar-refractivity contribution < 1.29 is 8.42 Å². The van der Waals surface area contributed by atoms with E-state index in [2.05, 4.69) is 9.71 Å². The highest BCUT2D eigenvalue weighted by atomic mass is 32.2.